The van der Waals surface area contributed by atoms with Gasteiger partial charge in [-0.25, -0.2) is 9.59 Å². The molecule has 1 aliphatic heterocycles. The van der Waals surface area contributed by atoms with Crippen molar-refractivity contribution in [1.82, 2.24) is 20.9 Å². The zero-order valence-corrected chi connectivity index (χ0v) is 16.5. The average Bonchev–Trinajstić information content (AvgIpc) is 2.97. The van der Waals surface area contributed by atoms with E-state index in [4.69, 9.17) is 4.74 Å². The Morgan fingerprint density at radius 2 is 1.76 bits per heavy atom. The molecule has 10 heteroatoms. The van der Waals surface area contributed by atoms with Crippen LogP contribution in [-0.4, -0.2) is 53.9 Å². The summed E-state index contributed by atoms with van der Waals surface area (Å²) in [5, 5.41) is 6.89. The molecule has 0 spiro atoms. The van der Waals surface area contributed by atoms with E-state index < -0.39 is 48.0 Å². The Bertz CT molecular complexity index is 806. The molecular weight excluding hydrogens is 380 g/mol. The first-order valence-corrected chi connectivity index (χ1v) is 9.19. The van der Waals surface area contributed by atoms with Crippen LogP contribution in [0, 0.1) is 0 Å². The maximum absolute atomic E-state index is 12.6. The smallest absolute Gasteiger partial charge is 0.327 e. The van der Waals surface area contributed by atoms with Gasteiger partial charge in [0.25, 0.3) is 11.8 Å². The van der Waals surface area contributed by atoms with E-state index in [1.54, 1.807) is 44.2 Å². The molecule has 1 aromatic carbocycles. The Kier molecular flexibility index (Phi) is 6.92. The second-order valence-electron chi connectivity index (χ2n) is 6.46. The van der Waals surface area contributed by atoms with Gasteiger partial charge in [-0.05, 0) is 12.8 Å². The van der Waals surface area contributed by atoms with Gasteiger partial charge in [0.2, 0.25) is 6.10 Å². The highest BCUT2D eigenvalue weighted by atomic mass is 16.5. The summed E-state index contributed by atoms with van der Waals surface area (Å²) in [6, 6.07) is 6.62. The van der Waals surface area contributed by atoms with Gasteiger partial charge in [-0.1, -0.05) is 44.2 Å². The summed E-state index contributed by atoms with van der Waals surface area (Å²) in [5.74, 6) is -2.34. The predicted molar refractivity (Wildman–Crippen MR) is 101 cm³/mol. The molecule has 0 unspecified atom stereocenters. The lowest BCUT2D eigenvalue weighted by atomic mass is 9.93. The summed E-state index contributed by atoms with van der Waals surface area (Å²) in [4.78, 5) is 61.9. The Hall–Kier alpha value is -3.43. The summed E-state index contributed by atoms with van der Waals surface area (Å²) in [6.07, 6.45) is -0.675. The number of urea groups is 2. The first-order valence-electron chi connectivity index (χ1n) is 9.19. The molecule has 1 saturated heterocycles. The van der Waals surface area contributed by atoms with E-state index in [9.17, 15) is 24.0 Å². The molecule has 29 heavy (non-hydrogen) atoms. The molecular formula is C19H24N4O6. The fourth-order valence-electron chi connectivity index (χ4n) is 2.99. The molecule has 1 aromatic rings. The highest BCUT2D eigenvalue weighted by molar-refractivity contribution is 6.08. The van der Waals surface area contributed by atoms with Gasteiger partial charge in [-0.15, -0.1) is 0 Å². The Morgan fingerprint density at radius 1 is 1.14 bits per heavy atom. The van der Waals surface area contributed by atoms with E-state index in [0.717, 1.165) is 4.90 Å². The van der Waals surface area contributed by atoms with Gasteiger partial charge in [0, 0.05) is 12.6 Å². The minimum absolute atomic E-state index is 0.330. The average molecular weight is 404 g/mol. The van der Waals surface area contributed by atoms with E-state index in [1.165, 1.54) is 7.05 Å². The van der Waals surface area contributed by atoms with Gasteiger partial charge in [-0.2, -0.15) is 0 Å². The quantitative estimate of drug-likeness (QED) is 0.455. The largest absolute Gasteiger partial charge is 0.446 e. The third-order valence-electron chi connectivity index (χ3n) is 4.79. The predicted octanol–water partition coefficient (Wildman–Crippen LogP) is 0.837. The van der Waals surface area contributed by atoms with Gasteiger partial charge >= 0.3 is 18.0 Å². The van der Waals surface area contributed by atoms with E-state index in [0.29, 0.717) is 18.4 Å². The van der Waals surface area contributed by atoms with Gasteiger partial charge < -0.3 is 15.4 Å². The number of carbonyl (C=O) groups is 5. The molecule has 1 aliphatic rings. The molecule has 1 heterocycles. The molecule has 3 N–H and O–H groups in total. The van der Waals surface area contributed by atoms with Gasteiger partial charge in [0.1, 0.15) is 12.1 Å². The molecule has 0 saturated carbocycles. The Morgan fingerprint density at radius 3 is 2.28 bits per heavy atom. The SMILES string of the molecule is CCC1(CC)NC(=O)N(CC(=O)O[C@@H](C(=O)NC(=O)NC)c2ccccc2)C1=O. The van der Waals surface area contributed by atoms with Crippen LogP contribution in [0.1, 0.15) is 38.4 Å². The standard InChI is InChI=1S/C19H24N4O6/c1-4-19(5-2)16(26)23(18(28)22-19)11-13(24)29-14(12-9-7-6-8-10-12)15(25)21-17(27)20-3/h6-10,14H,4-5,11H2,1-3H3,(H,22,28)(H2,20,21,25,27)/t14-/m1/s1. The number of carbonyl (C=O) groups excluding carboxylic acids is 5. The molecule has 0 radical (unpaired) electrons. The lowest BCUT2D eigenvalue weighted by Crippen LogP contribution is -2.46. The number of hydrogen-bond acceptors (Lipinski definition) is 6. The molecule has 10 nitrogen and oxygen atoms in total. The molecule has 1 atom stereocenters. The van der Waals surface area contributed by atoms with Crippen LogP contribution in [0.2, 0.25) is 0 Å². The second kappa shape index (κ2) is 9.18. The lowest BCUT2D eigenvalue weighted by Gasteiger charge is -2.23. The summed E-state index contributed by atoms with van der Waals surface area (Å²) < 4.78 is 5.23. The number of imide groups is 2. The molecule has 1 fully saturated rings. The van der Waals surface area contributed by atoms with Crippen LogP contribution >= 0.6 is 0 Å². The van der Waals surface area contributed by atoms with Crippen molar-refractivity contribution < 1.29 is 28.7 Å². The molecule has 156 valence electrons. The highest BCUT2D eigenvalue weighted by Gasteiger charge is 2.49. The third kappa shape index (κ3) is 4.71. The topological polar surface area (TPSA) is 134 Å². The van der Waals surface area contributed by atoms with Crippen LogP contribution < -0.4 is 16.0 Å². The Balaban J connectivity index is 2.16. The maximum atomic E-state index is 12.6. The monoisotopic (exact) mass is 404 g/mol. The van der Waals surface area contributed by atoms with Crippen LogP contribution in [0.3, 0.4) is 0 Å². The van der Waals surface area contributed by atoms with E-state index in [1.807, 2.05) is 0 Å². The maximum Gasteiger partial charge on any atom is 0.327 e. The molecule has 0 aliphatic carbocycles. The van der Waals surface area contributed by atoms with Crippen molar-refractivity contribution >= 4 is 29.8 Å². The van der Waals surface area contributed by atoms with Crippen molar-refractivity contribution in [3.8, 4) is 0 Å². The van der Waals surface area contributed by atoms with Crippen LogP contribution in [-0.2, 0) is 19.1 Å². The first-order chi connectivity index (χ1) is 13.8. The Labute approximate surface area is 168 Å². The summed E-state index contributed by atoms with van der Waals surface area (Å²) in [5.41, 5.74) is -0.719. The fraction of sp³-hybridized carbons (Fsp3) is 0.421. The molecule has 2 rings (SSSR count). The number of esters is 1. The normalized spacial score (nSPS) is 16.0. The summed E-state index contributed by atoms with van der Waals surface area (Å²) in [6.45, 7) is 2.87. The number of nitrogens with one attached hydrogen (secondary N) is 3. The van der Waals surface area contributed by atoms with Crippen molar-refractivity contribution in [1.29, 1.82) is 0 Å². The number of benzene rings is 1. The minimum atomic E-state index is -1.43. The van der Waals surface area contributed by atoms with Crippen LogP contribution in [0.5, 0.6) is 0 Å². The van der Waals surface area contributed by atoms with Crippen molar-refractivity contribution in [3.05, 3.63) is 35.9 Å². The number of amides is 6. The zero-order chi connectivity index (χ0) is 21.6. The molecule has 6 amide bonds. The van der Waals surface area contributed by atoms with Crippen LogP contribution in [0.25, 0.3) is 0 Å². The van der Waals surface area contributed by atoms with Crippen LogP contribution in [0.15, 0.2) is 30.3 Å². The van der Waals surface area contributed by atoms with E-state index >= 15 is 0 Å². The van der Waals surface area contributed by atoms with Crippen molar-refractivity contribution in [2.45, 2.75) is 38.3 Å². The first kappa shape index (κ1) is 21.9. The minimum Gasteiger partial charge on any atom is -0.446 e. The summed E-state index contributed by atoms with van der Waals surface area (Å²) >= 11 is 0. The molecule has 0 aromatic heterocycles. The van der Waals surface area contributed by atoms with Crippen molar-refractivity contribution in [3.63, 3.8) is 0 Å². The van der Waals surface area contributed by atoms with Crippen molar-refractivity contribution in [2.24, 2.45) is 0 Å². The number of hydrogen-bond donors (Lipinski definition) is 3. The number of nitrogens with zero attached hydrogens (tertiary/aromatic N) is 1. The van der Waals surface area contributed by atoms with Crippen LogP contribution in [0.4, 0.5) is 9.59 Å². The van der Waals surface area contributed by atoms with Gasteiger partial charge in [0.05, 0.1) is 0 Å². The van der Waals surface area contributed by atoms with E-state index in [2.05, 4.69) is 16.0 Å². The van der Waals surface area contributed by atoms with Gasteiger partial charge in [-0.3, -0.25) is 24.6 Å². The second-order valence-corrected chi connectivity index (χ2v) is 6.46. The number of rotatable bonds is 7. The summed E-state index contributed by atoms with van der Waals surface area (Å²) in [7, 11) is 1.33. The fourth-order valence-corrected chi connectivity index (χ4v) is 2.99. The number of ether oxygens (including phenoxy) is 1. The highest BCUT2D eigenvalue weighted by Crippen LogP contribution is 2.25. The third-order valence-corrected chi connectivity index (χ3v) is 4.79. The van der Waals surface area contributed by atoms with E-state index in [-0.39, 0.29) is 0 Å². The lowest BCUT2D eigenvalue weighted by molar-refractivity contribution is -0.158. The molecule has 0 bridgehead atoms. The van der Waals surface area contributed by atoms with Gasteiger partial charge in [0.15, 0.2) is 0 Å². The zero-order valence-electron chi connectivity index (χ0n) is 16.5. The van der Waals surface area contributed by atoms with Crippen molar-refractivity contribution in [2.75, 3.05) is 13.6 Å².